The maximum atomic E-state index is 13.5. The molecule has 0 aliphatic carbocycles. The van der Waals surface area contributed by atoms with E-state index < -0.39 is 15.9 Å². The van der Waals surface area contributed by atoms with Gasteiger partial charge in [0.25, 0.3) is 15.9 Å². The van der Waals surface area contributed by atoms with Crippen molar-refractivity contribution >= 4 is 38.1 Å². The minimum atomic E-state index is -3.83. The van der Waals surface area contributed by atoms with Crippen molar-refractivity contribution in [2.75, 3.05) is 29.4 Å². The standard InChI is InChI=1S/C27H23N3O5S2/c31-26(29-27-28-22(17-36-27)19-10-11-24-25(16-19)35-14-13-34-24)20-6-3-8-21(15-20)37(32,33)30-12-4-7-18-5-1-2-9-23(18)30/h1-3,5-6,8-11,15-17H,4,7,12-14H2,(H,28,29,31). The van der Waals surface area contributed by atoms with Gasteiger partial charge in [-0.3, -0.25) is 14.4 Å². The first-order valence-electron chi connectivity index (χ1n) is 11.9. The fraction of sp³-hybridized carbons (Fsp3) is 0.185. The average molecular weight is 534 g/mol. The second-order valence-corrected chi connectivity index (χ2v) is 11.4. The zero-order valence-corrected chi connectivity index (χ0v) is 21.3. The highest BCUT2D eigenvalue weighted by molar-refractivity contribution is 7.92. The second-order valence-electron chi connectivity index (χ2n) is 8.69. The molecule has 37 heavy (non-hydrogen) atoms. The van der Waals surface area contributed by atoms with Crippen LogP contribution in [-0.4, -0.2) is 39.1 Å². The summed E-state index contributed by atoms with van der Waals surface area (Å²) in [6.45, 7) is 1.42. The molecule has 0 saturated heterocycles. The number of hydrogen-bond acceptors (Lipinski definition) is 7. The van der Waals surface area contributed by atoms with Gasteiger partial charge in [-0.1, -0.05) is 24.3 Å². The van der Waals surface area contributed by atoms with Crippen LogP contribution >= 0.6 is 11.3 Å². The lowest BCUT2D eigenvalue weighted by Gasteiger charge is -2.30. The fourth-order valence-electron chi connectivity index (χ4n) is 4.51. The van der Waals surface area contributed by atoms with E-state index >= 15 is 0 Å². The van der Waals surface area contributed by atoms with Crippen LogP contribution in [0.1, 0.15) is 22.3 Å². The third-order valence-corrected chi connectivity index (χ3v) is 8.88. The van der Waals surface area contributed by atoms with Crippen LogP contribution in [0.5, 0.6) is 11.5 Å². The Morgan fingerprint density at radius 1 is 0.973 bits per heavy atom. The highest BCUT2D eigenvalue weighted by Gasteiger charge is 2.29. The van der Waals surface area contributed by atoms with Crippen molar-refractivity contribution < 1.29 is 22.7 Å². The largest absolute Gasteiger partial charge is 0.486 e. The first kappa shape index (κ1) is 23.5. The minimum Gasteiger partial charge on any atom is -0.486 e. The van der Waals surface area contributed by atoms with Crippen LogP contribution in [-0.2, 0) is 16.4 Å². The maximum Gasteiger partial charge on any atom is 0.264 e. The molecular formula is C27H23N3O5S2. The Labute approximate surface area is 218 Å². The number of amides is 1. The van der Waals surface area contributed by atoms with Crippen molar-refractivity contribution in [3.05, 3.63) is 83.2 Å². The van der Waals surface area contributed by atoms with E-state index in [0.29, 0.717) is 47.8 Å². The summed E-state index contributed by atoms with van der Waals surface area (Å²) in [5.74, 6) is 0.928. The molecule has 3 heterocycles. The summed E-state index contributed by atoms with van der Waals surface area (Å²) in [6.07, 6.45) is 1.58. The lowest BCUT2D eigenvalue weighted by atomic mass is 10.0. The van der Waals surface area contributed by atoms with Gasteiger partial charge in [0.2, 0.25) is 0 Å². The second kappa shape index (κ2) is 9.53. The van der Waals surface area contributed by atoms with Gasteiger partial charge in [-0.15, -0.1) is 11.3 Å². The number of benzene rings is 3. The number of hydrogen-bond donors (Lipinski definition) is 1. The van der Waals surface area contributed by atoms with Gasteiger partial charge in [0, 0.05) is 23.1 Å². The molecule has 0 unspecified atom stereocenters. The summed E-state index contributed by atoms with van der Waals surface area (Å²) in [5, 5.41) is 5.04. The summed E-state index contributed by atoms with van der Waals surface area (Å²) < 4.78 is 39.7. The van der Waals surface area contributed by atoms with Crippen LogP contribution in [0.25, 0.3) is 11.3 Å². The summed E-state index contributed by atoms with van der Waals surface area (Å²) in [7, 11) is -3.83. The molecule has 1 N–H and O–H groups in total. The predicted octanol–water partition coefficient (Wildman–Crippen LogP) is 4.98. The quantitative estimate of drug-likeness (QED) is 0.389. The van der Waals surface area contributed by atoms with Crippen molar-refractivity contribution in [2.24, 2.45) is 0 Å². The first-order valence-corrected chi connectivity index (χ1v) is 14.2. The number of aromatic nitrogens is 1. The van der Waals surface area contributed by atoms with E-state index in [-0.39, 0.29) is 10.5 Å². The Morgan fingerprint density at radius 2 is 1.81 bits per heavy atom. The van der Waals surface area contributed by atoms with Gasteiger partial charge in [0.15, 0.2) is 16.6 Å². The smallest absolute Gasteiger partial charge is 0.264 e. The van der Waals surface area contributed by atoms with E-state index in [0.717, 1.165) is 24.0 Å². The lowest BCUT2D eigenvalue weighted by Crippen LogP contribution is -2.35. The van der Waals surface area contributed by atoms with Crippen LogP contribution in [0.15, 0.2) is 77.0 Å². The number of thiazole rings is 1. The van der Waals surface area contributed by atoms with Gasteiger partial charge < -0.3 is 9.47 Å². The van der Waals surface area contributed by atoms with Crippen LogP contribution in [0.4, 0.5) is 10.8 Å². The van der Waals surface area contributed by atoms with Gasteiger partial charge in [-0.25, -0.2) is 13.4 Å². The highest BCUT2D eigenvalue weighted by atomic mass is 32.2. The Bertz CT molecular complexity index is 1600. The molecule has 10 heteroatoms. The predicted molar refractivity (Wildman–Crippen MR) is 142 cm³/mol. The molecule has 1 amide bonds. The number of carbonyl (C=O) groups excluding carboxylic acids is 1. The molecule has 4 aromatic rings. The third-order valence-electron chi connectivity index (χ3n) is 6.31. The van der Waals surface area contributed by atoms with E-state index in [4.69, 9.17) is 9.47 Å². The SMILES string of the molecule is O=C(Nc1nc(-c2ccc3c(c2)OCCO3)cs1)c1cccc(S(=O)(=O)N2CCCc3ccccc32)c1. The fourth-order valence-corrected chi connectivity index (χ4v) is 6.81. The number of anilines is 2. The number of sulfonamides is 1. The van der Waals surface area contributed by atoms with E-state index in [9.17, 15) is 13.2 Å². The van der Waals surface area contributed by atoms with E-state index in [1.54, 1.807) is 12.1 Å². The number of rotatable bonds is 5. The molecule has 3 aromatic carbocycles. The molecule has 0 atom stereocenters. The highest BCUT2D eigenvalue weighted by Crippen LogP contribution is 2.36. The summed E-state index contributed by atoms with van der Waals surface area (Å²) in [6, 6.07) is 19.2. The van der Waals surface area contributed by atoms with E-state index in [2.05, 4.69) is 10.3 Å². The normalized spacial score (nSPS) is 14.6. The van der Waals surface area contributed by atoms with Crippen molar-refractivity contribution in [1.29, 1.82) is 0 Å². The van der Waals surface area contributed by atoms with Gasteiger partial charge >= 0.3 is 0 Å². The summed E-state index contributed by atoms with van der Waals surface area (Å²) >= 11 is 1.29. The Morgan fingerprint density at radius 3 is 2.70 bits per heavy atom. The molecule has 188 valence electrons. The average Bonchev–Trinajstić information content (AvgIpc) is 3.41. The molecule has 2 aliphatic rings. The van der Waals surface area contributed by atoms with Gasteiger partial charge in [-0.2, -0.15) is 0 Å². The monoisotopic (exact) mass is 533 g/mol. The molecular weight excluding hydrogens is 510 g/mol. The van der Waals surface area contributed by atoms with Crippen molar-refractivity contribution in [1.82, 2.24) is 4.98 Å². The lowest BCUT2D eigenvalue weighted by molar-refractivity contribution is 0.102. The number of para-hydroxylation sites is 1. The van der Waals surface area contributed by atoms with Crippen molar-refractivity contribution in [3.63, 3.8) is 0 Å². The zero-order valence-electron chi connectivity index (χ0n) is 19.7. The summed E-state index contributed by atoms with van der Waals surface area (Å²) in [5.41, 5.74) is 3.47. The van der Waals surface area contributed by atoms with E-state index in [1.807, 2.05) is 47.8 Å². The molecule has 0 saturated carbocycles. The summed E-state index contributed by atoms with van der Waals surface area (Å²) in [4.78, 5) is 17.6. The Kier molecular flexibility index (Phi) is 6.05. The van der Waals surface area contributed by atoms with Crippen LogP contribution in [0, 0.1) is 0 Å². The minimum absolute atomic E-state index is 0.0768. The Hall–Kier alpha value is -3.89. The van der Waals surface area contributed by atoms with Gasteiger partial charge in [0.05, 0.1) is 16.3 Å². The van der Waals surface area contributed by atoms with Gasteiger partial charge in [-0.05, 0) is 60.9 Å². The zero-order chi connectivity index (χ0) is 25.4. The van der Waals surface area contributed by atoms with Crippen molar-refractivity contribution in [2.45, 2.75) is 17.7 Å². The van der Waals surface area contributed by atoms with Crippen LogP contribution in [0.2, 0.25) is 0 Å². The van der Waals surface area contributed by atoms with Crippen LogP contribution < -0.4 is 19.1 Å². The molecule has 1 aromatic heterocycles. The topological polar surface area (TPSA) is 97.8 Å². The van der Waals surface area contributed by atoms with E-state index in [1.165, 1.54) is 27.8 Å². The number of nitrogens with zero attached hydrogens (tertiary/aromatic N) is 2. The Balaban J connectivity index is 1.21. The molecule has 0 spiro atoms. The van der Waals surface area contributed by atoms with Crippen molar-refractivity contribution in [3.8, 4) is 22.8 Å². The number of carbonyl (C=O) groups is 1. The molecule has 0 radical (unpaired) electrons. The number of ether oxygens (including phenoxy) is 2. The first-order chi connectivity index (χ1) is 18.0. The molecule has 6 rings (SSSR count). The number of nitrogens with one attached hydrogen (secondary N) is 1. The molecule has 8 nitrogen and oxygen atoms in total. The molecule has 2 aliphatic heterocycles. The molecule has 0 bridgehead atoms. The number of aryl methyl sites for hydroxylation is 1. The number of fused-ring (bicyclic) bond motifs is 2. The van der Waals surface area contributed by atoms with Crippen LogP contribution in [0.3, 0.4) is 0 Å². The third kappa shape index (κ3) is 4.54. The maximum absolute atomic E-state index is 13.5. The van der Waals surface area contributed by atoms with Gasteiger partial charge in [0.1, 0.15) is 13.2 Å². The molecule has 0 fully saturated rings.